The predicted molar refractivity (Wildman–Crippen MR) is 119 cm³/mol. The summed E-state index contributed by atoms with van der Waals surface area (Å²) in [5.41, 5.74) is -0.171. The molecule has 14 heteroatoms. The molecular formula is C21H17ClF3N9O. The fourth-order valence-corrected chi connectivity index (χ4v) is 3.82. The summed E-state index contributed by atoms with van der Waals surface area (Å²) in [7, 11) is 1.76. The zero-order valence-corrected chi connectivity index (χ0v) is 18.9. The fourth-order valence-electron chi connectivity index (χ4n) is 3.63. The lowest BCUT2D eigenvalue weighted by Crippen LogP contribution is -2.40. The Balaban J connectivity index is 1.39. The number of alkyl halides is 3. The highest BCUT2D eigenvalue weighted by molar-refractivity contribution is 6.32. The van der Waals surface area contributed by atoms with Crippen molar-refractivity contribution >= 4 is 29.3 Å². The largest absolute Gasteiger partial charge is 0.433 e. The number of carbonyl (C=O) groups excluding carboxylic acids is 1. The van der Waals surface area contributed by atoms with Gasteiger partial charge in [0.25, 0.3) is 5.91 Å². The molecule has 0 saturated heterocycles. The van der Waals surface area contributed by atoms with Gasteiger partial charge in [-0.2, -0.15) is 18.3 Å². The Kier molecular flexibility index (Phi) is 5.63. The van der Waals surface area contributed by atoms with E-state index in [2.05, 4.69) is 30.4 Å². The van der Waals surface area contributed by atoms with Gasteiger partial charge in [-0.15, -0.1) is 0 Å². The van der Waals surface area contributed by atoms with Crippen molar-refractivity contribution in [2.24, 2.45) is 7.05 Å². The minimum atomic E-state index is -4.56. The van der Waals surface area contributed by atoms with Crippen LogP contribution in [0.15, 0.2) is 42.9 Å². The summed E-state index contributed by atoms with van der Waals surface area (Å²) in [6, 6.07) is 5.36. The van der Waals surface area contributed by atoms with Crippen LogP contribution in [0.3, 0.4) is 0 Å². The molecule has 0 spiro atoms. The minimum absolute atomic E-state index is 0.0715. The third-order valence-corrected chi connectivity index (χ3v) is 5.64. The molecule has 4 aromatic heterocycles. The maximum absolute atomic E-state index is 13.1. The highest BCUT2D eigenvalue weighted by atomic mass is 35.5. The van der Waals surface area contributed by atoms with Crippen LogP contribution >= 0.6 is 11.6 Å². The maximum Gasteiger partial charge on any atom is 0.433 e. The van der Waals surface area contributed by atoms with Crippen LogP contribution in [0.5, 0.6) is 0 Å². The van der Waals surface area contributed by atoms with E-state index in [9.17, 15) is 18.0 Å². The SMILES string of the molecule is Cn1nccc1Nc1ncc(Cl)c(-c2cn3c(n2)C(=O)N(Cc2cccc(C(F)(F)F)n2)CC3)n1. The van der Waals surface area contributed by atoms with E-state index in [4.69, 9.17) is 11.6 Å². The van der Waals surface area contributed by atoms with E-state index in [0.717, 1.165) is 6.07 Å². The van der Waals surface area contributed by atoms with Crippen LogP contribution in [0, 0.1) is 0 Å². The molecule has 0 atom stereocenters. The topological polar surface area (TPSA) is 107 Å². The number of nitrogens with one attached hydrogen (secondary N) is 1. The molecule has 0 aliphatic carbocycles. The molecular weight excluding hydrogens is 487 g/mol. The van der Waals surface area contributed by atoms with Crippen LogP contribution in [-0.2, 0) is 26.3 Å². The predicted octanol–water partition coefficient (Wildman–Crippen LogP) is 3.54. The second kappa shape index (κ2) is 8.65. The molecule has 5 heterocycles. The van der Waals surface area contributed by atoms with Gasteiger partial charge in [0, 0.05) is 32.4 Å². The second-order valence-electron chi connectivity index (χ2n) is 7.74. The number of hydrogen-bond acceptors (Lipinski definition) is 7. The summed E-state index contributed by atoms with van der Waals surface area (Å²) in [6.07, 6.45) is 0.146. The molecule has 10 nitrogen and oxygen atoms in total. The first kappa shape index (κ1) is 22.8. The van der Waals surface area contributed by atoms with Gasteiger partial charge in [-0.05, 0) is 12.1 Å². The number of fused-ring (bicyclic) bond motifs is 1. The number of pyridine rings is 1. The number of amides is 1. The summed E-state index contributed by atoms with van der Waals surface area (Å²) in [6.45, 7) is 0.609. The maximum atomic E-state index is 13.1. The van der Waals surface area contributed by atoms with Crippen molar-refractivity contribution in [3.8, 4) is 11.4 Å². The Morgan fingerprint density at radius 1 is 1.14 bits per heavy atom. The van der Waals surface area contributed by atoms with Gasteiger partial charge in [-0.3, -0.25) is 9.48 Å². The summed E-state index contributed by atoms with van der Waals surface area (Å²) in [5, 5.41) is 7.35. The summed E-state index contributed by atoms with van der Waals surface area (Å²) < 4.78 is 42.2. The van der Waals surface area contributed by atoms with Crippen molar-refractivity contribution in [1.82, 2.24) is 39.2 Å². The first-order chi connectivity index (χ1) is 16.7. The fraction of sp³-hybridized carbons (Fsp3) is 0.238. The molecule has 0 unspecified atom stereocenters. The Morgan fingerprint density at radius 3 is 2.71 bits per heavy atom. The number of anilines is 2. The third-order valence-electron chi connectivity index (χ3n) is 5.36. The van der Waals surface area contributed by atoms with Crippen LogP contribution in [0.4, 0.5) is 24.9 Å². The number of halogens is 4. The van der Waals surface area contributed by atoms with Crippen LogP contribution in [0.1, 0.15) is 22.0 Å². The van der Waals surface area contributed by atoms with E-state index in [1.54, 1.807) is 34.8 Å². The number of imidazole rings is 1. The Bertz CT molecular complexity index is 1420. The van der Waals surface area contributed by atoms with E-state index in [1.807, 2.05) is 0 Å². The monoisotopic (exact) mass is 503 g/mol. The molecule has 1 aliphatic rings. The van der Waals surface area contributed by atoms with Crippen LogP contribution in [0.2, 0.25) is 5.02 Å². The molecule has 0 aromatic carbocycles. The van der Waals surface area contributed by atoms with Gasteiger partial charge in [0.2, 0.25) is 5.95 Å². The average molecular weight is 504 g/mol. The van der Waals surface area contributed by atoms with Crippen molar-refractivity contribution in [1.29, 1.82) is 0 Å². The van der Waals surface area contributed by atoms with E-state index >= 15 is 0 Å². The summed E-state index contributed by atoms with van der Waals surface area (Å²) in [5.74, 6) is 0.633. The Hall–Kier alpha value is -4.00. The lowest BCUT2D eigenvalue weighted by Gasteiger charge is -2.27. The van der Waals surface area contributed by atoms with Crippen LogP contribution < -0.4 is 5.32 Å². The molecule has 0 fully saturated rings. The first-order valence-corrected chi connectivity index (χ1v) is 10.7. The van der Waals surface area contributed by atoms with Gasteiger partial charge in [0.05, 0.1) is 29.7 Å². The molecule has 1 amide bonds. The average Bonchev–Trinajstić information content (AvgIpc) is 3.43. The van der Waals surface area contributed by atoms with Crippen molar-refractivity contribution in [2.45, 2.75) is 19.3 Å². The molecule has 1 N–H and O–H groups in total. The van der Waals surface area contributed by atoms with Gasteiger partial charge in [-0.1, -0.05) is 17.7 Å². The number of carbonyl (C=O) groups is 1. The number of aromatic nitrogens is 7. The number of aryl methyl sites for hydroxylation is 1. The van der Waals surface area contributed by atoms with Crippen LogP contribution in [0.25, 0.3) is 11.4 Å². The lowest BCUT2D eigenvalue weighted by molar-refractivity contribution is -0.141. The zero-order chi connectivity index (χ0) is 24.7. The highest BCUT2D eigenvalue weighted by Crippen LogP contribution is 2.29. The van der Waals surface area contributed by atoms with Gasteiger partial charge >= 0.3 is 6.18 Å². The minimum Gasteiger partial charge on any atom is -0.328 e. The quantitative estimate of drug-likeness (QED) is 0.444. The van der Waals surface area contributed by atoms with Gasteiger partial charge in [0.15, 0.2) is 5.82 Å². The van der Waals surface area contributed by atoms with Gasteiger partial charge in [-0.25, -0.2) is 19.9 Å². The molecule has 0 radical (unpaired) electrons. The summed E-state index contributed by atoms with van der Waals surface area (Å²) >= 11 is 6.32. The van der Waals surface area contributed by atoms with Crippen molar-refractivity contribution < 1.29 is 18.0 Å². The summed E-state index contributed by atoms with van der Waals surface area (Å²) in [4.78, 5) is 31.1. The van der Waals surface area contributed by atoms with Gasteiger partial charge < -0.3 is 14.8 Å². The lowest BCUT2D eigenvalue weighted by atomic mass is 10.2. The molecule has 0 saturated carbocycles. The van der Waals surface area contributed by atoms with Crippen molar-refractivity contribution in [2.75, 3.05) is 11.9 Å². The van der Waals surface area contributed by atoms with E-state index in [-0.39, 0.29) is 35.6 Å². The van der Waals surface area contributed by atoms with Gasteiger partial charge in [0.1, 0.15) is 22.9 Å². The van der Waals surface area contributed by atoms with E-state index in [0.29, 0.717) is 23.8 Å². The third kappa shape index (κ3) is 4.54. The molecule has 0 bridgehead atoms. The van der Waals surface area contributed by atoms with E-state index < -0.39 is 17.8 Å². The molecule has 4 aromatic rings. The second-order valence-corrected chi connectivity index (χ2v) is 8.14. The highest BCUT2D eigenvalue weighted by Gasteiger charge is 2.33. The first-order valence-electron chi connectivity index (χ1n) is 10.4. The number of hydrogen-bond donors (Lipinski definition) is 1. The standard InChI is InChI=1S/C21H17ClF3N9O/c1-32-16(5-6-27-32)30-20-26-9-13(22)17(31-20)14-11-33-7-8-34(19(35)18(33)29-14)10-12-3-2-4-15(28-12)21(23,24)25/h2-6,9,11H,7-8,10H2,1H3,(H,26,30,31). The molecule has 1 aliphatic heterocycles. The molecule has 5 rings (SSSR count). The Labute approximate surface area is 201 Å². The smallest absolute Gasteiger partial charge is 0.328 e. The van der Waals surface area contributed by atoms with Crippen molar-refractivity contribution in [3.63, 3.8) is 0 Å². The molecule has 180 valence electrons. The normalized spacial score (nSPS) is 13.7. The molecule has 35 heavy (non-hydrogen) atoms. The number of rotatable bonds is 5. The number of nitrogens with zero attached hydrogens (tertiary/aromatic N) is 8. The Morgan fingerprint density at radius 2 is 1.97 bits per heavy atom. The van der Waals surface area contributed by atoms with Crippen molar-refractivity contribution in [3.05, 3.63) is 65.1 Å². The van der Waals surface area contributed by atoms with E-state index in [1.165, 1.54) is 23.2 Å². The zero-order valence-electron chi connectivity index (χ0n) is 18.2. The van der Waals surface area contributed by atoms with Crippen LogP contribution in [-0.4, -0.2) is 51.6 Å².